The van der Waals surface area contributed by atoms with Crippen molar-refractivity contribution in [3.8, 4) is 0 Å². The maximum Gasteiger partial charge on any atom is 0.261 e. The molecule has 0 saturated heterocycles. The zero-order valence-corrected chi connectivity index (χ0v) is 18.0. The fourth-order valence-electron chi connectivity index (χ4n) is 2.58. The molecule has 0 unspecified atom stereocenters. The second-order valence-corrected chi connectivity index (χ2v) is 7.72. The van der Waals surface area contributed by atoms with Gasteiger partial charge in [-0.1, -0.05) is 17.7 Å². The number of thiocarbonyl (C=S) groups is 1. The summed E-state index contributed by atoms with van der Waals surface area (Å²) in [6.07, 6.45) is 1.94. The van der Waals surface area contributed by atoms with Crippen molar-refractivity contribution < 1.29 is 13.6 Å². The second kappa shape index (κ2) is 9.88. The first-order valence-corrected chi connectivity index (χ1v) is 10.7. The number of hydrogen-bond acceptors (Lipinski definition) is 3. The summed E-state index contributed by atoms with van der Waals surface area (Å²) in [4.78, 5) is 13.1. The standard InChI is InChI=1S/C21H16ClF2N3OS2/c1-30-18-10-9-14(11-15(18)22)27-21(29)26-13-7-5-12(6-8-13)25-20(28)19-16(23)3-2-4-17(19)24/h2-11H,1H3,(H,25,28)(H2,26,27,29). The summed E-state index contributed by atoms with van der Waals surface area (Å²) < 4.78 is 27.4. The van der Waals surface area contributed by atoms with E-state index in [4.69, 9.17) is 23.8 Å². The Morgan fingerprint density at radius 3 is 2.00 bits per heavy atom. The van der Waals surface area contributed by atoms with E-state index in [-0.39, 0.29) is 0 Å². The summed E-state index contributed by atoms with van der Waals surface area (Å²) in [5.41, 5.74) is 1.16. The quantitative estimate of drug-likeness (QED) is 0.302. The van der Waals surface area contributed by atoms with E-state index in [2.05, 4.69) is 16.0 Å². The lowest BCUT2D eigenvalue weighted by atomic mass is 10.1. The molecule has 0 radical (unpaired) electrons. The van der Waals surface area contributed by atoms with Crippen molar-refractivity contribution in [2.45, 2.75) is 4.90 Å². The van der Waals surface area contributed by atoms with E-state index in [9.17, 15) is 13.6 Å². The Morgan fingerprint density at radius 1 is 0.900 bits per heavy atom. The molecule has 0 aliphatic heterocycles. The highest BCUT2D eigenvalue weighted by Crippen LogP contribution is 2.28. The highest BCUT2D eigenvalue weighted by molar-refractivity contribution is 7.98. The topological polar surface area (TPSA) is 53.2 Å². The van der Waals surface area contributed by atoms with Crippen molar-refractivity contribution in [3.05, 3.63) is 82.9 Å². The second-order valence-electron chi connectivity index (χ2n) is 6.06. The molecule has 0 bridgehead atoms. The van der Waals surface area contributed by atoms with Gasteiger partial charge >= 0.3 is 0 Å². The van der Waals surface area contributed by atoms with Crippen molar-refractivity contribution >= 4 is 63.7 Å². The van der Waals surface area contributed by atoms with Crippen LogP contribution in [0.3, 0.4) is 0 Å². The van der Waals surface area contributed by atoms with Crippen LogP contribution >= 0.6 is 35.6 Å². The molecule has 3 N–H and O–H groups in total. The molecule has 1 amide bonds. The van der Waals surface area contributed by atoms with Gasteiger partial charge in [0.1, 0.15) is 17.2 Å². The Bertz CT molecular complexity index is 1070. The summed E-state index contributed by atoms with van der Waals surface area (Å²) in [5, 5.41) is 9.49. The van der Waals surface area contributed by atoms with E-state index in [0.29, 0.717) is 21.5 Å². The van der Waals surface area contributed by atoms with E-state index in [1.807, 2.05) is 18.4 Å². The lowest BCUT2D eigenvalue weighted by Gasteiger charge is -2.12. The van der Waals surface area contributed by atoms with Gasteiger partial charge < -0.3 is 16.0 Å². The molecule has 0 saturated carbocycles. The van der Waals surface area contributed by atoms with E-state index in [1.165, 1.54) is 6.07 Å². The van der Waals surface area contributed by atoms with E-state index < -0.39 is 23.1 Å². The third kappa shape index (κ3) is 5.47. The molecule has 4 nitrogen and oxygen atoms in total. The number of hydrogen-bond donors (Lipinski definition) is 3. The van der Waals surface area contributed by atoms with Gasteiger partial charge in [0.15, 0.2) is 5.11 Å². The fraction of sp³-hybridized carbons (Fsp3) is 0.0476. The number of benzene rings is 3. The van der Waals surface area contributed by atoms with E-state index >= 15 is 0 Å². The number of amides is 1. The molecule has 9 heteroatoms. The van der Waals surface area contributed by atoms with Crippen LogP contribution in [0.5, 0.6) is 0 Å². The summed E-state index contributed by atoms with van der Waals surface area (Å²) >= 11 is 13.0. The predicted molar refractivity (Wildman–Crippen MR) is 124 cm³/mol. The molecular formula is C21H16ClF2N3OS2. The molecule has 0 aliphatic rings. The maximum atomic E-state index is 13.7. The monoisotopic (exact) mass is 463 g/mol. The summed E-state index contributed by atoms with van der Waals surface area (Å²) in [5.74, 6) is -2.71. The van der Waals surface area contributed by atoms with Crippen molar-refractivity contribution in [1.29, 1.82) is 0 Å². The van der Waals surface area contributed by atoms with Gasteiger partial charge in [0.2, 0.25) is 0 Å². The van der Waals surface area contributed by atoms with Crippen LogP contribution in [0.25, 0.3) is 0 Å². The van der Waals surface area contributed by atoms with Gasteiger partial charge in [0.25, 0.3) is 5.91 Å². The van der Waals surface area contributed by atoms with Gasteiger partial charge in [-0.25, -0.2) is 8.78 Å². The highest BCUT2D eigenvalue weighted by Gasteiger charge is 2.17. The maximum absolute atomic E-state index is 13.7. The lowest BCUT2D eigenvalue weighted by Crippen LogP contribution is -2.19. The van der Waals surface area contributed by atoms with Crippen molar-refractivity contribution in [2.24, 2.45) is 0 Å². The molecule has 3 rings (SSSR count). The number of carbonyl (C=O) groups is 1. The minimum absolute atomic E-state index is 0.355. The summed E-state index contributed by atoms with van der Waals surface area (Å²) in [7, 11) is 0. The van der Waals surface area contributed by atoms with Crippen LogP contribution in [0.1, 0.15) is 10.4 Å². The molecular weight excluding hydrogens is 448 g/mol. The van der Waals surface area contributed by atoms with Crippen LogP contribution in [-0.2, 0) is 0 Å². The van der Waals surface area contributed by atoms with E-state index in [1.54, 1.807) is 42.1 Å². The van der Waals surface area contributed by atoms with Crippen molar-refractivity contribution in [1.82, 2.24) is 0 Å². The van der Waals surface area contributed by atoms with Gasteiger partial charge in [0.05, 0.1) is 5.02 Å². The average Bonchev–Trinajstić information content (AvgIpc) is 2.69. The predicted octanol–water partition coefficient (Wildman–Crippen LogP) is 6.40. The first-order chi connectivity index (χ1) is 14.4. The highest BCUT2D eigenvalue weighted by atomic mass is 35.5. The smallest absolute Gasteiger partial charge is 0.261 e. The first-order valence-electron chi connectivity index (χ1n) is 8.64. The average molecular weight is 464 g/mol. The summed E-state index contributed by atoms with van der Waals surface area (Å²) in [6.45, 7) is 0. The van der Waals surface area contributed by atoms with Crippen LogP contribution in [0, 0.1) is 11.6 Å². The number of thioether (sulfide) groups is 1. The van der Waals surface area contributed by atoms with Gasteiger partial charge in [-0.05, 0) is 73.1 Å². The molecule has 3 aromatic rings. The largest absolute Gasteiger partial charge is 0.332 e. The van der Waals surface area contributed by atoms with Crippen molar-refractivity contribution in [2.75, 3.05) is 22.2 Å². The molecule has 3 aromatic carbocycles. The van der Waals surface area contributed by atoms with Crippen molar-refractivity contribution in [3.63, 3.8) is 0 Å². The fourth-order valence-corrected chi connectivity index (χ4v) is 3.69. The van der Waals surface area contributed by atoms with E-state index in [0.717, 1.165) is 22.7 Å². The third-order valence-electron chi connectivity index (χ3n) is 4.00. The molecule has 0 aromatic heterocycles. The molecule has 30 heavy (non-hydrogen) atoms. The zero-order valence-electron chi connectivity index (χ0n) is 15.6. The molecule has 0 fully saturated rings. The Hall–Kier alpha value is -2.68. The number of nitrogens with one attached hydrogen (secondary N) is 3. The molecule has 154 valence electrons. The van der Waals surface area contributed by atoms with Crippen LogP contribution in [-0.4, -0.2) is 17.3 Å². The first kappa shape index (κ1) is 22.0. The Kier molecular flexibility index (Phi) is 7.25. The van der Waals surface area contributed by atoms with Crippen LogP contribution < -0.4 is 16.0 Å². The molecule has 0 atom stereocenters. The minimum atomic E-state index is -0.923. The SMILES string of the molecule is CSc1ccc(NC(=S)Nc2ccc(NC(=O)c3c(F)cccc3F)cc2)cc1Cl. The summed E-state index contributed by atoms with van der Waals surface area (Å²) in [6, 6.07) is 15.3. The van der Waals surface area contributed by atoms with Crippen LogP contribution in [0.2, 0.25) is 5.02 Å². The van der Waals surface area contributed by atoms with Gasteiger partial charge in [0, 0.05) is 22.0 Å². The van der Waals surface area contributed by atoms with Gasteiger partial charge in [-0.15, -0.1) is 11.8 Å². The Labute approximate surface area is 187 Å². The third-order valence-corrected chi connectivity index (χ3v) is 5.42. The Balaban J connectivity index is 1.61. The van der Waals surface area contributed by atoms with Gasteiger partial charge in [-0.3, -0.25) is 4.79 Å². The minimum Gasteiger partial charge on any atom is -0.332 e. The number of carbonyl (C=O) groups excluding carboxylic acids is 1. The van der Waals surface area contributed by atoms with Gasteiger partial charge in [-0.2, -0.15) is 0 Å². The lowest BCUT2D eigenvalue weighted by molar-refractivity contribution is 0.101. The zero-order chi connectivity index (χ0) is 21.7. The molecule has 0 heterocycles. The molecule has 0 spiro atoms. The Morgan fingerprint density at radius 2 is 1.43 bits per heavy atom. The van der Waals surface area contributed by atoms with Crippen LogP contribution in [0.15, 0.2) is 65.6 Å². The van der Waals surface area contributed by atoms with Crippen LogP contribution in [0.4, 0.5) is 25.8 Å². The number of halogens is 3. The normalized spacial score (nSPS) is 10.4. The number of rotatable bonds is 5. The molecule has 0 aliphatic carbocycles. The number of anilines is 3.